The summed E-state index contributed by atoms with van der Waals surface area (Å²) in [6.07, 6.45) is 7.25. The molecule has 3 aliphatic rings. The fourth-order valence-electron chi connectivity index (χ4n) is 2.61. The second-order valence-corrected chi connectivity index (χ2v) is 3.87. The molecule has 0 saturated heterocycles. The highest BCUT2D eigenvalue weighted by Crippen LogP contribution is 2.54. The standard InChI is InChI=1S/C8H15N.ClH/c9-6-8-3-1-2-7(4-8)5-8;/h7H,1-6,9H2;1H. The van der Waals surface area contributed by atoms with E-state index in [1.807, 2.05) is 0 Å². The number of halogens is 1. The van der Waals surface area contributed by atoms with E-state index in [0.29, 0.717) is 5.41 Å². The first-order valence-electron chi connectivity index (χ1n) is 4.05. The Balaban J connectivity index is 0.000000500. The third-order valence-electron chi connectivity index (χ3n) is 3.20. The minimum Gasteiger partial charge on any atom is -0.330 e. The van der Waals surface area contributed by atoms with Crippen LogP contribution in [0.2, 0.25) is 0 Å². The SMILES string of the molecule is Cl.NCC12CCCC(C1)C2. The third kappa shape index (κ3) is 1.06. The molecule has 3 aliphatic carbocycles. The lowest BCUT2D eigenvalue weighted by Crippen LogP contribution is -2.46. The van der Waals surface area contributed by atoms with Crippen LogP contribution in [0.4, 0.5) is 0 Å². The molecule has 0 atom stereocenters. The van der Waals surface area contributed by atoms with Crippen LogP contribution in [0.3, 0.4) is 0 Å². The fraction of sp³-hybridized carbons (Fsp3) is 1.00. The predicted molar refractivity (Wildman–Crippen MR) is 45.3 cm³/mol. The van der Waals surface area contributed by atoms with Crippen LogP contribution in [0.5, 0.6) is 0 Å². The average Bonchev–Trinajstić information content (AvgIpc) is 1.88. The van der Waals surface area contributed by atoms with Crippen molar-refractivity contribution < 1.29 is 0 Å². The van der Waals surface area contributed by atoms with Crippen molar-refractivity contribution in [1.29, 1.82) is 0 Å². The fourth-order valence-corrected chi connectivity index (χ4v) is 2.61. The van der Waals surface area contributed by atoms with Crippen molar-refractivity contribution >= 4 is 12.4 Å². The van der Waals surface area contributed by atoms with Crippen LogP contribution in [0.15, 0.2) is 0 Å². The summed E-state index contributed by atoms with van der Waals surface area (Å²) >= 11 is 0. The van der Waals surface area contributed by atoms with Gasteiger partial charge >= 0.3 is 0 Å². The molecule has 10 heavy (non-hydrogen) atoms. The van der Waals surface area contributed by atoms with Crippen LogP contribution in [0.25, 0.3) is 0 Å². The molecule has 3 rings (SSSR count). The Labute approximate surface area is 68.8 Å². The largest absolute Gasteiger partial charge is 0.330 e. The van der Waals surface area contributed by atoms with E-state index in [1.165, 1.54) is 32.1 Å². The summed E-state index contributed by atoms with van der Waals surface area (Å²) < 4.78 is 0. The molecule has 0 aromatic heterocycles. The van der Waals surface area contributed by atoms with Gasteiger partial charge in [0.1, 0.15) is 0 Å². The van der Waals surface area contributed by atoms with Gasteiger partial charge < -0.3 is 5.73 Å². The first-order chi connectivity index (χ1) is 4.35. The minimum atomic E-state index is 0. The first-order valence-corrected chi connectivity index (χ1v) is 4.05. The van der Waals surface area contributed by atoms with E-state index in [1.54, 1.807) is 0 Å². The third-order valence-corrected chi connectivity index (χ3v) is 3.20. The van der Waals surface area contributed by atoms with Gasteiger partial charge in [-0.25, -0.2) is 0 Å². The van der Waals surface area contributed by atoms with Gasteiger partial charge in [-0.3, -0.25) is 0 Å². The van der Waals surface area contributed by atoms with Crippen LogP contribution < -0.4 is 5.73 Å². The Morgan fingerprint density at radius 2 is 2.10 bits per heavy atom. The second-order valence-electron chi connectivity index (χ2n) is 3.87. The summed E-state index contributed by atoms with van der Waals surface area (Å²) in [5.74, 6) is 1.07. The van der Waals surface area contributed by atoms with Gasteiger partial charge in [0.2, 0.25) is 0 Å². The average molecular weight is 162 g/mol. The number of rotatable bonds is 1. The van der Waals surface area contributed by atoms with Crippen LogP contribution in [-0.2, 0) is 0 Å². The summed E-state index contributed by atoms with van der Waals surface area (Å²) in [5.41, 5.74) is 6.32. The Kier molecular flexibility index (Phi) is 2.26. The molecule has 0 radical (unpaired) electrons. The molecule has 1 nitrogen and oxygen atoms in total. The molecule has 0 heterocycles. The maximum atomic E-state index is 5.68. The first kappa shape index (κ1) is 8.35. The van der Waals surface area contributed by atoms with Gasteiger partial charge in [0.05, 0.1) is 0 Å². The Hall–Kier alpha value is 0.250. The molecule has 0 amide bonds. The lowest BCUT2D eigenvalue weighted by atomic mass is 9.54. The Bertz CT molecular complexity index is 113. The molecule has 3 fully saturated rings. The molecule has 2 N–H and O–H groups in total. The summed E-state index contributed by atoms with van der Waals surface area (Å²) in [6, 6.07) is 0. The second kappa shape index (κ2) is 2.71. The zero-order valence-corrected chi connectivity index (χ0v) is 7.12. The molecular formula is C8H16ClN. The molecule has 60 valence electrons. The van der Waals surface area contributed by atoms with E-state index in [9.17, 15) is 0 Å². The Morgan fingerprint density at radius 3 is 2.40 bits per heavy atom. The number of fused-ring (bicyclic) bond motifs is 2. The topological polar surface area (TPSA) is 26.0 Å². The van der Waals surface area contributed by atoms with Crippen LogP contribution in [0, 0.1) is 11.3 Å². The van der Waals surface area contributed by atoms with E-state index in [2.05, 4.69) is 0 Å². The molecule has 2 bridgehead atoms. The van der Waals surface area contributed by atoms with Crippen LogP contribution in [0.1, 0.15) is 32.1 Å². The van der Waals surface area contributed by atoms with Crippen molar-refractivity contribution in [2.75, 3.05) is 6.54 Å². The van der Waals surface area contributed by atoms with Crippen molar-refractivity contribution in [3.8, 4) is 0 Å². The molecule has 0 spiro atoms. The number of nitrogens with two attached hydrogens (primary N) is 1. The molecule has 3 saturated carbocycles. The van der Waals surface area contributed by atoms with Gasteiger partial charge in [0.15, 0.2) is 0 Å². The highest BCUT2D eigenvalue weighted by Gasteiger charge is 2.45. The lowest BCUT2D eigenvalue weighted by Gasteiger charge is -2.52. The maximum absolute atomic E-state index is 5.68. The molecule has 0 aliphatic heterocycles. The monoisotopic (exact) mass is 161 g/mol. The zero-order valence-electron chi connectivity index (χ0n) is 6.31. The Morgan fingerprint density at radius 1 is 1.40 bits per heavy atom. The highest BCUT2D eigenvalue weighted by molar-refractivity contribution is 5.85. The predicted octanol–water partition coefficient (Wildman–Crippen LogP) is 1.95. The van der Waals surface area contributed by atoms with Crippen molar-refractivity contribution in [3.05, 3.63) is 0 Å². The molecular weight excluding hydrogens is 146 g/mol. The van der Waals surface area contributed by atoms with Gasteiger partial charge in [0.25, 0.3) is 0 Å². The van der Waals surface area contributed by atoms with Crippen molar-refractivity contribution in [3.63, 3.8) is 0 Å². The summed E-state index contributed by atoms with van der Waals surface area (Å²) in [7, 11) is 0. The van der Waals surface area contributed by atoms with Gasteiger partial charge in [-0.2, -0.15) is 0 Å². The van der Waals surface area contributed by atoms with Crippen molar-refractivity contribution in [1.82, 2.24) is 0 Å². The normalized spacial score (nSPS) is 43.5. The van der Waals surface area contributed by atoms with Gasteiger partial charge in [-0.1, -0.05) is 12.8 Å². The maximum Gasteiger partial charge on any atom is -0.00203 e. The molecule has 0 aromatic carbocycles. The zero-order chi connectivity index (χ0) is 6.32. The van der Waals surface area contributed by atoms with Gasteiger partial charge in [-0.05, 0) is 37.1 Å². The van der Waals surface area contributed by atoms with E-state index < -0.39 is 0 Å². The van der Waals surface area contributed by atoms with Gasteiger partial charge in [-0.15, -0.1) is 12.4 Å². The van der Waals surface area contributed by atoms with E-state index in [0.717, 1.165) is 12.5 Å². The quantitative estimate of drug-likeness (QED) is 0.625. The van der Waals surface area contributed by atoms with Crippen molar-refractivity contribution in [2.24, 2.45) is 17.1 Å². The minimum absolute atomic E-state index is 0. The van der Waals surface area contributed by atoms with E-state index >= 15 is 0 Å². The van der Waals surface area contributed by atoms with Crippen LogP contribution in [-0.4, -0.2) is 6.54 Å². The smallest absolute Gasteiger partial charge is 0.00203 e. The van der Waals surface area contributed by atoms with E-state index in [4.69, 9.17) is 5.73 Å². The number of hydrogen-bond donors (Lipinski definition) is 1. The summed E-state index contributed by atoms with van der Waals surface area (Å²) in [4.78, 5) is 0. The van der Waals surface area contributed by atoms with Crippen molar-refractivity contribution in [2.45, 2.75) is 32.1 Å². The highest BCUT2D eigenvalue weighted by atomic mass is 35.5. The molecule has 0 unspecified atom stereocenters. The van der Waals surface area contributed by atoms with Gasteiger partial charge in [0, 0.05) is 0 Å². The van der Waals surface area contributed by atoms with Crippen LogP contribution >= 0.6 is 12.4 Å². The summed E-state index contributed by atoms with van der Waals surface area (Å²) in [5, 5.41) is 0. The summed E-state index contributed by atoms with van der Waals surface area (Å²) in [6.45, 7) is 0.948. The van der Waals surface area contributed by atoms with E-state index in [-0.39, 0.29) is 12.4 Å². The molecule has 0 aromatic rings. The lowest BCUT2D eigenvalue weighted by molar-refractivity contribution is 0.00418. The number of hydrogen-bond acceptors (Lipinski definition) is 1. The molecule has 2 heteroatoms.